The van der Waals surface area contributed by atoms with Crippen molar-refractivity contribution in [2.24, 2.45) is 0 Å². The van der Waals surface area contributed by atoms with Gasteiger partial charge in [0.25, 0.3) is 0 Å². The van der Waals surface area contributed by atoms with Gasteiger partial charge < -0.3 is 9.80 Å². The Morgan fingerprint density at radius 1 is 1.16 bits per heavy atom. The highest BCUT2D eigenvalue weighted by Crippen LogP contribution is 2.14. The van der Waals surface area contributed by atoms with Gasteiger partial charge in [-0.3, -0.25) is 9.78 Å². The molecule has 0 saturated carbocycles. The maximum Gasteiger partial charge on any atom is 0.180 e. The molecule has 0 aliphatic rings. The van der Waals surface area contributed by atoms with Gasteiger partial charge in [0.2, 0.25) is 0 Å². The Kier molecular flexibility index (Phi) is 6.50. The second-order valence-corrected chi connectivity index (χ2v) is 4.97. The van der Waals surface area contributed by atoms with Gasteiger partial charge >= 0.3 is 0 Å². The molecule has 0 fully saturated rings. The second-order valence-electron chi connectivity index (χ2n) is 4.97. The number of carbonyl (C=O) groups is 1. The van der Waals surface area contributed by atoms with E-state index in [1.165, 1.54) is 0 Å². The molecule has 1 aromatic rings. The monoisotopic (exact) mass is 263 g/mol. The van der Waals surface area contributed by atoms with Crippen LogP contribution in [0.1, 0.15) is 37.2 Å². The van der Waals surface area contributed by atoms with Crippen molar-refractivity contribution in [1.29, 1.82) is 0 Å². The number of hydrogen-bond donors (Lipinski definition) is 0. The number of ketones is 1. The van der Waals surface area contributed by atoms with E-state index < -0.39 is 0 Å². The van der Waals surface area contributed by atoms with E-state index in [1.807, 2.05) is 25.3 Å². The Bertz CT molecular complexity index is 387. The zero-order valence-electron chi connectivity index (χ0n) is 12.5. The summed E-state index contributed by atoms with van der Waals surface area (Å²) in [4.78, 5) is 20.3. The van der Waals surface area contributed by atoms with Gasteiger partial charge in [-0.2, -0.15) is 0 Å². The highest BCUT2D eigenvalue weighted by atomic mass is 16.1. The fourth-order valence-corrected chi connectivity index (χ4v) is 1.88. The average molecular weight is 263 g/mol. The summed E-state index contributed by atoms with van der Waals surface area (Å²) < 4.78 is 0. The predicted molar refractivity (Wildman–Crippen MR) is 79.9 cm³/mol. The third-order valence-electron chi connectivity index (χ3n) is 3.03. The molecule has 0 aliphatic heterocycles. The summed E-state index contributed by atoms with van der Waals surface area (Å²) in [5, 5.41) is 0. The average Bonchev–Trinajstić information content (AvgIpc) is 2.42. The van der Waals surface area contributed by atoms with Gasteiger partial charge in [0.15, 0.2) is 5.78 Å². The summed E-state index contributed by atoms with van der Waals surface area (Å²) in [6.07, 6.45) is 3.42. The Balaban J connectivity index is 2.76. The van der Waals surface area contributed by atoms with E-state index in [0.29, 0.717) is 12.1 Å². The molecule has 0 radical (unpaired) electrons. The van der Waals surface area contributed by atoms with Crippen LogP contribution in [0.2, 0.25) is 0 Å². The van der Waals surface area contributed by atoms with Gasteiger partial charge in [-0.15, -0.1) is 0 Å². The molecule has 4 nitrogen and oxygen atoms in total. The van der Waals surface area contributed by atoms with Gasteiger partial charge in [-0.25, -0.2) is 0 Å². The van der Waals surface area contributed by atoms with Gasteiger partial charge in [-0.1, -0.05) is 13.8 Å². The first-order valence-corrected chi connectivity index (χ1v) is 6.97. The normalized spacial score (nSPS) is 10.8. The lowest BCUT2D eigenvalue weighted by Crippen LogP contribution is -2.32. The molecule has 0 aromatic carbocycles. The molecule has 0 amide bonds. The summed E-state index contributed by atoms with van der Waals surface area (Å²) in [5.41, 5.74) is 1.66. The van der Waals surface area contributed by atoms with Crippen LogP contribution in [0.5, 0.6) is 0 Å². The van der Waals surface area contributed by atoms with E-state index in [9.17, 15) is 4.79 Å². The highest BCUT2D eigenvalue weighted by molar-refractivity contribution is 5.94. The molecule has 0 aliphatic carbocycles. The SMILES string of the molecule is CCCN(CCN(C)C)c1ccc(C(=O)CC)nc1. The zero-order valence-corrected chi connectivity index (χ0v) is 12.5. The summed E-state index contributed by atoms with van der Waals surface area (Å²) in [6, 6.07) is 3.83. The molecule has 0 unspecified atom stereocenters. The first-order valence-electron chi connectivity index (χ1n) is 6.97. The molecule has 106 valence electrons. The Morgan fingerprint density at radius 2 is 1.89 bits per heavy atom. The lowest BCUT2D eigenvalue weighted by molar-refractivity contribution is 0.0983. The summed E-state index contributed by atoms with van der Waals surface area (Å²) in [6.45, 7) is 7.03. The summed E-state index contributed by atoms with van der Waals surface area (Å²) >= 11 is 0. The van der Waals surface area contributed by atoms with Crippen LogP contribution < -0.4 is 4.90 Å². The molecule has 1 heterocycles. The van der Waals surface area contributed by atoms with Crippen LogP contribution in [-0.4, -0.2) is 49.4 Å². The van der Waals surface area contributed by atoms with Crippen molar-refractivity contribution in [2.45, 2.75) is 26.7 Å². The van der Waals surface area contributed by atoms with Crippen LogP contribution in [0.3, 0.4) is 0 Å². The zero-order chi connectivity index (χ0) is 14.3. The van der Waals surface area contributed by atoms with E-state index in [-0.39, 0.29) is 5.78 Å². The lowest BCUT2D eigenvalue weighted by atomic mass is 10.2. The largest absolute Gasteiger partial charge is 0.369 e. The van der Waals surface area contributed by atoms with Gasteiger partial charge in [0, 0.05) is 26.1 Å². The van der Waals surface area contributed by atoms with Crippen LogP contribution in [-0.2, 0) is 0 Å². The van der Waals surface area contributed by atoms with Crippen LogP contribution in [0, 0.1) is 0 Å². The van der Waals surface area contributed by atoms with E-state index in [2.05, 4.69) is 35.8 Å². The van der Waals surface area contributed by atoms with E-state index >= 15 is 0 Å². The molecule has 1 rings (SSSR count). The maximum absolute atomic E-state index is 11.6. The van der Waals surface area contributed by atoms with Gasteiger partial charge in [-0.05, 0) is 32.6 Å². The first kappa shape index (κ1) is 15.6. The first-order chi connectivity index (χ1) is 9.08. The summed E-state index contributed by atoms with van der Waals surface area (Å²) in [7, 11) is 4.15. The van der Waals surface area contributed by atoms with Gasteiger partial charge in [0.1, 0.15) is 5.69 Å². The number of nitrogens with zero attached hydrogens (tertiary/aromatic N) is 3. The van der Waals surface area contributed by atoms with Crippen molar-refractivity contribution in [2.75, 3.05) is 38.6 Å². The van der Waals surface area contributed by atoms with Crippen molar-refractivity contribution in [3.8, 4) is 0 Å². The number of hydrogen-bond acceptors (Lipinski definition) is 4. The number of Topliss-reactive ketones (excluding diaryl/α,β-unsaturated/α-hetero) is 1. The maximum atomic E-state index is 11.6. The third-order valence-corrected chi connectivity index (χ3v) is 3.03. The molecule has 1 aromatic heterocycles. The minimum atomic E-state index is 0.0990. The smallest absolute Gasteiger partial charge is 0.180 e. The molecule has 0 saturated heterocycles. The van der Waals surface area contributed by atoms with Crippen LogP contribution in [0.25, 0.3) is 0 Å². The topological polar surface area (TPSA) is 36.4 Å². The Hall–Kier alpha value is -1.42. The van der Waals surface area contributed by atoms with Crippen LogP contribution in [0.4, 0.5) is 5.69 Å². The van der Waals surface area contributed by atoms with Crippen molar-refractivity contribution >= 4 is 11.5 Å². The molecule has 0 atom stereocenters. The van der Waals surface area contributed by atoms with E-state index in [0.717, 1.165) is 31.7 Å². The molecule has 0 N–H and O–H groups in total. The molecule has 0 spiro atoms. The number of carbonyl (C=O) groups excluding carboxylic acids is 1. The van der Waals surface area contributed by atoms with Crippen molar-refractivity contribution < 1.29 is 4.79 Å². The van der Waals surface area contributed by atoms with Gasteiger partial charge in [0.05, 0.1) is 11.9 Å². The number of pyridine rings is 1. The Morgan fingerprint density at radius 3 is 2.37 bits per heavy atom. The minimum absolute atomic E-state index is 0.0990. The van der Waals surface area contributed by atoms with Crippen LogP contribution >= 0.6 is 0 Å². The number of likely N-dealkylation sites (N-methyl/N-ethyl adjacent to an activating group) is 1. The fourth-order valence-electron chi connectivity index (χ4n) is 1.88. The number of aromatic nitrogens is 1. The molecular weight excluding hydrogens is 238 g/mol. The van der Waals surface area contributed by atoms with E-state index in [1.54, 1.807) is 0 Å². The van der Waals surface area contributed by atoms with Crippen LogP contribution in [0.15, 0.2) is 18.3 Å². The fraction of sp³-hybridized carbons (Fsp3) is 0.600. The minimum Gasteiger partial charge on any atom is -0.369 e. The molecule has 4 heteroatoms. The van der Waals surface area contributed by atoms with Crippen molar-refractivity contribution in [3.05, 3.63) is 24.0 Å². The third kappa shape index (κ3) is 4.99. The Labute approximate surface area is 116 Å². The molecule has 19 heavy (non-hydrogen) atoms. The highest BCUT2D eigenvalue weighted by Gasteiger charge is 2.09. The number of anilines is 1. The predicted octanol–water partition coefficient (Wildman–Crippen LogP) is 2.45. The van der Waals surface area contributed by atoms with Crippen molar-refractivity contribution in [1.82, 2.24) is 9.88 Å². The lowest BCUT2D eigenvalue weighted by Gasteiger charge is -2.25. The van der Waals surface area contributed by atoms with Crippen molar-refractivity contribution in [3.63, 3.8) is 0 Å². The second kappa shape index (κ2) is 7.89. The molecule has 0 bridgehead atoms. The summed E-state index contributed by atoms with van der Waals surface area (Å²) in [5.74, 6) is 0.0990. The molecular formula is C15H25N3O. The standard InChI is InChI=1S/C15H25N3O/c1-5-9-18(11-10-17(3)4)13-7-8-14(16-12-13)15(19)6-2/h7-8,12H,5-6,9-11H2,1-4H3. The number of rotatable bonds is 8. The van der Waals surface area contributed by atoms with E-state index in [4.69, 9.17) is 0 Å². The quantitative estimate of drug-likeness (QED) is 0.675.